The lowest BCUT2D eigenvalue weighted by molar-refractivity contribution is -0.130. The molecule has 0 saturated heterocycles. The van der Waals surface area contributed by atoms with E-state index >= 15 is 0 Å². The Hall–Kier alpha value is -2.14. The molecule has 0 aromatic carbocycles. The minimum atomic E-state index is -0.941. The molecule has 108 valence electrons. The van der Waals surface area contributed by atoms with Crippen molar-refractivity contribution in [2.24, 2.45) is 0 Å². The fourth-order valence-electron chi connectivity index (χ4n) is 2.76. The molecule has 0 atom stereocenters. The van der Waals surface area contributed by atoms with E-state index in [1.807, 2.05) is 27.5 Å². The van der Waals surface area contributed by atoms with E-state index in [-0.39, 0.29) is 11.4 Å². The molecule has 21 heavy (non-hydrogen) atoms. The van der Waals surface area contributed by atoms with Crippen molar-refractivity contribution in [3.8, 4) is 0 Å². The predicted molar refractivity (Wildman–Crippen MR) is 81.8 cm³/mol. The van der Waals surface area contributed by atoms with Gasteiger partial charge in [0, 0.05) is 17.5 Å². The maximum absolute atomic E-state index is 12.7. The average molecular weight is 301 g/mol. The molecule has 0 unspecified atom stereocenters. The fourth-order valence-corrected chi connectivity index (χ4v) is 3.40. The summed E-state index contributed by atoms with van der Waals surface area (Å²) in [7, 11) is 0. The summed E-state index contributed by atoms with van der Waals surface area (Å²) >= 11 is 1.49. The van der Waals surface area contributed by atoms with Gasteiger partial charge in [0.1, 0.15) is 0 Å². The van der Waals surface area contributed by atoms with Crippen LogP contribution >= 0.6 is 11.3 Å². The van der Waals surface area contributed by atoms with Gasteiger partial charge in [-0.25, -0.2) is 4.79 Å². The third-order valence-electron chi connectivity index (χ3n) is 3.68. The number of aryl methyl sites for hydroxylation is 1. The second-order valence-electron chi connectivity index (χ2n) is 5.03. The van der Waals surface area contributed by atoms with Gasteiger partial charge in [-0.05, 0) is 35.6 Å². The molecule has 4 nitrogen and oxygen atoms in total. The van der Waals surface area contributed by atoms with Gasteiger partial charge in [-0.3, -0.25) is 4.79 Å². The van der Waals surface area contributed by atoms with Crippen LogP contribution in [0.1, 0.15) is 40.7 Å². The van der Waals surface area contributed by atoms with Crippen molar-refractivity contribution in [3.05, 3.63) is 51.5 Å². The summed E-state index contributed by atoms with van der Waals surface area (Å²) in [5, 5.41) is 13.0. The van der Waals surface area contributed by atoms with Crippen LogP contribution in [-0.4, -0.2) is 21.4 Å². The Kier molecular flexibility index (Phi) is 3.51. The predicted octanol–water partition coefficient (Wildman–Crippen LogP) is 3.21. The SMILES string of the molecule is CCCc1cc2n(c1C(=O)c1ccsc1)CC=C2C(=O)O. The Labute approximate surface area is 126 Å². The van der Waals surface area contributed by atoms with Crippen LogP contribution in [0.2, 0.25) is 0 Å². The van der Waals surface area contributed by atoms with E-state index in [0.717, 1.165) is 18.4 Å². The average Bonchev–Trinajstić information content (AvgIpc) is 3.13. The standard InChI is InChI=1S/C16H15NO3S/c1-2-3-10-8-13-12(16(19)20)4-6-17(13)14(10)15(18)11-5-7-21-9-11/h4-5,7-9H,2-3,6H2,1H3,(H,19,20). The van der Waals surface area contributed by atoms with E-state index in [4.69, 9.17) is 0 Å². The molecular weight excluding hydrogens is 286 g/mol. The molecule has 1 aliphatic rings. The first-order valence-electron chi connectivity index (χ1n) is 6.86. The zero-order valence-corrected chi connectivity index (χ0v) is 12.4. The second-order valence-corrected chi connectivity index (χ2v) is 5.81. The van der Waals surface area contributed by atoms with E-state index in [0.29, 0.717) is 23.5 Å². The van der Waals surface area contributed by atoms with E-state index < -0.39 is 5.97 Å². The van der Waals surface area contributed by atoms with Crippen molar-refractivity contribution < 1.29 is 14.7 Å². The van der Waals surface area contributed by atoms with Gasteiger partial charge in [0.25, 0.3) is 0 Å². The number of carboxylic acid groups (broad SMARTS) is 1. The molecule has 0 saturated carbocycles. The van der Waals surface area contributed by atoms with Gasteiger partial charge >= 0.3 is 5.97 Å². The Morgan fingerprint density at radius 1 is 1.43 bits per heavy atom. The lowest BCUT2D eigenvalue weighted by Crippen LogP contribution is -2.11. The molecular formula is C16H15NO3S. The molecule has 3 rings (SSSR count). The van der Waals surface area contributed by atoms with Crippen LogP contribution in [0, 0.1) is 0 Å². The van der Waals surface area contributed by atoms with Crippen molar-refractivity contribution in [1.29, 1.82) is 0 Å². The summed E-state index contributed by atoms with van der Waals surface area (Å²) in [5.74, 6) is -0.963. The highest BCUT2D eigenvalue weighted by atomic mass is 32.1. The number of aliphatic carboxylic acids is 1. The highest BCUT2D eigenvalue weighted by molar-refractivity contribution is 7.08. The first-order valence-corrected chi connectivity index (χ1v) is 7.81. The van der Waals surface area contributed by atoms with Gasteiger partial charge in [0.2, 0.25) is 5.78 Å². The number of carbonyl (C=O) groups excluding carboxylic acids is 1. The Balaban J connectivity index is 2.11. The quantitative estimate of drug-likeness (QED) is 0.863. The number of rotatable bonds is 5. The number of hydrogen-bond acceptors (Lipinski definition) is 3. The van der Waals surface area contributed by atoms with Crippen LogP contribution < -0.4 is 0 Å². The van der Waals surface area contributed by atoms with Gasteiger partial charge in [0.05, 0.1) is 17.0 Å². The highest BCUT2D eigenvalue weighted by Gasteiger charge is 2.28. The van der Waals surface area contributed by atoms with Crippen LogP contribution in [0.3, 0.4) is 0 Å². The number of carbonyl (C=O) groups is 2. The molecule has 0 spiro atoms. The molecule has 3 heterocycles. The molecule has 1 aliphatic heterocycles. The topological polar surface area (TPSA) is 59.3 Å². The van der Waals surface area contributed by atoms with Crippen LogP contribution in [0.15, 0.2) is 29.0 Å². The molecule has 2 aromatic heterocycles. The second kappa shape index (κ2) is 5.33. The number of thiophene rings is 1. The highest BCUT2D eigenvalue weighted by Crippen LogP contribution is 2.30. The minimum Gasteiger partial charge on any atom is -0.478 e. The largest absolute Gasteiger partial charge is 0.478 e. The fraction of sp³-hybridized carbons (Fsp3) is 0.250. The van der Waals surface area contributed by atoms with Gasteiger partial charge in [-0.2, -0.15) is 11.3 Å². The van der Waals surface area contributed by atoms with E-state index in [1.54, 1.807) is 6.08 Å². The van der Waals surface area contributed by atoms with Gasteiger partial charge in [0.15, 0.2) is 0 Å². The number of nitrogens with zero attached hydrogens (tertiary/aromatic N) is 1. The molecule has 0 bridgehead atoms. The van der Waals surface area contributed by atoms with Gasteiger partial charge < -0.3 is 9.67 Å². The van der Waals surface area contributed by atoms with Crippen molar-refractivity contribution in [1.82, 2.24) is 4.57 Å². The first kappa shape index (κ1) is 13.8. The molecule has 5 heteroatoms. The summed E-state index contributed by atoms with van der Waals surface area (Å²) in [6.45, 7) is 2.50. The third kappa shape index (κ3) is 2.23. The smallest absolute Gasteiger partial charge is 0.337 e. The van der Waals surface area contributed by atoms with Crippen molar-refractivity contribution >= 4 is 28.7 Å². The summed E-state index contributed by atoms with van der Waals surface area (Å²) < 4.78 is 1.83. The van der Waals surface area contributed by atoms with Crippen molar-refractivity contribution in [2.45, 2.75) is 26.3 Å². The Morgan fingerprint density at radius 3 is 2.86 bits per heavy atom. The number of aromatic nitrogens is 1. The molecule has 0 fully saturated rings. The van der Waals surface area contributed by atoms with Crippen molar-refractivity contribution in [2.75, 3.05) is 0 Å². The van der Waals surface area contributed by atoms with E-state index in [1.165, 1.54) is 11.3 Å². The van der Waals surface area contributed by atoms with E-state index in [2.05, 4.69) is 6.92 Å². The first-order chi connectivity index (χ1) is 10.1. The Morgan fingerprint density at radius 2 is 2.24 bits per heavy atom. The minimum absolute atomic E-state index is 0.0222. The number of carboxylic acids is 1. The number of allylic oxidation sites excluding steroid dienone is 1. The van der Waals surface area contributed by atoms with Gasteiger partial charge in [-0.15, -0.1) is 0 Å². The van der Waals surface area contributed by atoms with Crippen LogP contribution in [0.4, 0.5) is 0 Å². The zero-order valence-electron chi connectivity index (χ0n) is 11.6. The zero-order chi connectivity index (χ0) is 15.0. The van der Waals surface area contributed by atoms with Gasteiger partial charge in [-0.1, -0.05) is 13.3 Å². The summed E-state index contributed by atoms with van der Waals surface area (Å²) in [6, 6.07) is 3.67. The Bertz CT molecular complexity index is 738. The monoisotopic (exact) mass is 301 g/mol. The van der Waals surface area contributed by atoms with Crippen LogP contribution in [-0.2, 0) is 17.8 Å². The molecule has 0 amide bonds. The van der Waals surface area contributed by atoms with Crippen LogP contribution in [0.25, 0.3) is 5.57 Å². The maximum Gasteiger partial charge on any atom is 0.337 e. The summed E-state index contributed by atoms with van der Waals surface area (Å²) in [5.41, 5.74) is 3.18. The summed E-state index contributed by atoms with van der Waals surface area (Å²) in [6.07, 6.45) is 3.36. The summed E-state index contributed by atoms with van der Waals surface area (Å²) in [4.78, 5) is 24.0. The molecule has 0 radical (unpaired) electrons. The molecule has 0 aliphatic carbocycles. The van der Waals surface area contributed by atoms with Crippen molar-refractivity contribution in [3.63, 3.8) is 0 Å². The van der Waals surface area contributed by atoms with Crippen LogP contribution in [0.5, 0.6) is 0 Å². The molecule has 2 aromatic rings. The lowest BCUT2D eigenvalue weighted by Gasteiger charge is -2.07. The number of hydrogen-bond donors (Lipinski definition) is 1. The number of fused-ring (bicyclic) bond motifs is 1. The molecule has 1 N–H and O–H groups in total. The van der Waals surface area contributed by atoms with E-state index in [9.17, 15) is 14.7 Å². The number of ketones is 1. The third-order valence-corrected chi connectivity index (χ3v) is 4.36. The maximum atomic E-state index is 12.7. The normalized spacial score (nSPS) is 13.1. The lowest BCUT2D eigenvalue weighted by atomic mass is 10.0.